The van der Waals surface area contributed by atoms with Gasteiger partial charge in [0.15, 0.2) is 0 Å². The van der Waals surface area contributed by atoms with Crippen molar-refractivity contribution in [3.63, 3.8) is 0 Å². The molecule has 1 atom stereocenters. The van der Waals surface area contributed by atoms with Crippen LogP contribution in [0.1, 0.15) is 67.3 Å². The van der Waals surface area contributed by atoms with Gasteiger partial charge in [-0.15, -0.1) is 0 Å². The predicted molar refractivity (Wildman–Crippen MR) is 133 cm³/mol. The van der Waals surface area contributed by atoms with Crippen LogP contribution in [-0.4, -0.2) is 70.2 Å². The second-order valence-corrected chi connectivity index (χ2v) is 9.58. The summed E-state index contributed by atoms with van der Waals surface area (Å²) in [5.74, 6) is 0.582. The zero-order chi connectivity index (χ0) is 23.5. The number of nitrogens with one attached hydrogen (secondary N) is 2. The molecule has 1 aromatic rings. The lowest BCUT2D eigenvalue weighted by molar-refractivity contribution is -0.122. The highest BCUT2D eigenvalue weighted by Gasteiger charge is 2.21. The van der Waals surface area contributed by atoms with Crippen LogP contribution in [0.2, 0.25) is 0 Å². The average Bonchev–Trinajstić information content (AvgIpc) is 2.79. The maximum Gasteiger partial charge on any atom is 0.252 e. The molecule has 33 heavy (non-hydrogen) atoms. The second kappa shape index (κ2) is 13.7. The van der Waals surface area contributed by atoms with Crippen molar-refractivity contribution >= 4 is 17.5 Å². The molecular weight excluding hydrogens is 416 g/mol. The van der Waals surface area contributed by atoms with Crippen LogP contribution in [0.25, 0.3) is 0 Å². The molecule has 2 N–H and O–H groups in total. The number of hydrogen-bond donors (Lipinski definition) is 2. The lowest BCUT2D eigenvalue weighted by atomic mass is 9.95. The fourth-order valence-corrected chi connectivity index (χ4v) is 4.99. The lowest BCUT2D eigenvalue weighted by Gasteiger charge is -2.29. The van der Waals surface area contributed by atoms with Gasteiger partial charge >= 0.3 is 0 Å². The summed E-state index contributed by atoms with van der Waals surface area (Å²) in [4.78, 5) is 29.9. The van der Waals surface area contributed by atoms with Crippen LogP contribution in [-0.2, 0) is 16.1 Å². The van der Waals surface area contributed by atoms with E-state index in [4.69, 9.17) is 4.74 Å². The van der Waals surface area contributed by atoms with Gasteiger partial charge < -0.3 is 25.2 Å². The Balaban J connectivity index is 1.70. The zero-order valence-electron chi connectivity index (χ0n) is 20.5. The molecular formula is C26H42N4O3. The molecule has 2 amide bonds. The van der Waals surface area contributed by atoms with E-state index >= 15 is 0 Å². The Morgan fingerprint density at radius 3 is 2.76 bits per heavy atom. The summed E-state index contributed by atoms with van der Waals surface area (Å²) in [6.07, 6.45) is 9.13. The number of nitrogens with zero attached hydrogens (tertiary/aromatic N) is 2. The van der Waals surface area contributed by atoms with Gasteiger partial charge in [-0.1, -0.05) is 19.3 Å². The second-order valence-electron chi connectivity index (χ2n) is 9.58. The predicted octanol–water partition coefficient (Wildman–Crippen LogP) is 3.18. The number of anilines is 1. The van der Waals surface area contributed by atoms with Crippen LogP contribution >= 0.6 is 0 Å². The van der Waals surface area contributed by atoms with Crippen LogP contribution in [0.3, 0.4) is 0 Å². The van der Waals surface area contributed by atoms with Crippen LogP contribution in [0, 0.1) is 5.92 Å². The Morgan fingerprint density at radius 2 is 1.94 bits per heavy atom. The quantitative estimate of drug-likeness (QED) is 0.685. The molecule has 1 fully saturated rings. The van der Waals surface area contributed by atoms with E-state index in [2.05, 4.69) is 22.6 Å². The van der Waals surface area contributed by atoms with E-state index in [1.54, 1.807) is 7.11 Å². The third-order valence-corrected chi connectivity index (χ3v) is 6.81. The number of rotatable bonds is 6. The summed E-state index contributed by atoms with van der Waals surface area (Å²) >= 11 is 0. The Labute approximate surface area is 199 Å². The molecule has 184 valence electrons. The highest BCUT2D eigenvalue weighted by Crippen LogP contribution is 2.24. The van der Waals surface area contributed by atoms with Crippen molar-refractivity contribution in [1.82, 2.24) is 15.5 Å². The van der Waals surface area contributed by atoms with Crippen molar-refractivity contribution in [3.05, 3.63) is 29.3 Å². The minimum absolute atomic E-state index is 0.0366. The SMILES string of the molecule is COCC(=O)N1CCCCCCCNCc2cc(C(=O)NCCC3CCCN(C)C3)ccc21. The van der Waals surface area contributed by atoms with Gasteiger partial charge in [-0.2, -0.15) is 0 Å². The fourth-order valence-electron chi connectivity index (χ4n) is 4.99. The van der Waals surface area contributed by atoms with E-state index in [9.17, 15) is 9.59 Å². The molecule has 1 aromatic carbocycles. The van der Waals surface area contributed by atoms with E-state index in [1.165, 1.54) is 32.2 Å². The van der Waals surface area contributed by atoms with Crippen LogP contribution < -0.4 is 15.5 Å². The van der Waals surface area contributed by atoms with Gasteiger partial charge in [0.05, 0.1) is 0 Å². The summed E-state index contributed by atoms with van der Waals surface area (Å²) in [5, 5.41) is 6.61. The number of carbonyl (C=O) groups excluding carboxylic acids is 2. The lowest BCUT2D eigenvalue weighted by Crippen LogP contribution is -2.36. The van der Waals surface area contributed by atoms with Gasteiger partial charge in [0, 0.05) is 44.5 Å². The van der Waals surface area contributed by atoms with E-state index in [0.717, 1.165) is 50.0 Å². The molecule has 0 spiro atoms. The molecule has 0 aromatic heterocycles. The van der Waals surface area contributed by atoms with Crippen molar-refractivity contribution < 1.29 is 14.3 Å². The standard InChI is InChI=1S/C26H42N4O3/c1-29-15-8-9-21(19-29)12-14-28-26(32)22-10-11-24-23(17-22)18-27-13-6-4-3-5-7-16-30(24)25(31)20-33-2/h10-11,17,21,27H,3-9,12-16,18-20H2,1-2H3,(H,28,32). The Bertz CT molecular complexity index is 770. The molecule has 3 rings (SSSR count). The van der Waals surface area contributed by atoms with Gasteiger partial charge in [0.2, 0.25) is 0 Å². The largest absolute Gasteiger partial charge is 0.375 e. The highest BCUT2D eigenvalue weighted by molar-refractivity contribution is 5.98. The average molecular weight is 459 g/mol. The molecule has 1 saturated heterocycles. The smallest absolute Gasteiger partial charge is 0.252 e. The summed E-state index contributed by atoms with van der Waals surface area (Å²) in [6.45, 7) is 5.31. The summed E-state index contributed by atoms with van der Waals surface area (Å²) in [6, 6.07) is 5.73. The summed E-state index contributed by atoms with van der Waals surface area (Å²) in [5.41, 5.74) is 2.52. The molecule has 0 radical (unpaired) electrons. The molecule has 2 aliphatic rings. The first-order chi connectivity index (χ1) is 16.1. The number of fused-ring (bicyclic) bond motifs is 1. The number of likely N-dealkylation sites (tertiary alicyclic amines) is 1. The number of amides is 2. The minimum Gasteiger partial charge on any atom is -0.375 e. The summed E-state index contributed by atoms with van der Waals surface area (Å²) in [7, 11) is 3.72. The van der Waals surface area contributed by atoms with Gasteiger partial charge in [-0.05, 0) is 81.9 Å². The van der Waals surface area contributed by atoms with Crippen molar-refractivity contribution in [2.45, 2.75) is 57.9 Å². The number of piperidine rings is 1. The molecule has 0 saturated carbocycles. The van der Waals surface area contributed by atoms with Gasteiger partial charge in [-0.25, -0.2) is 0 Å². The number of hydrogen-bond acceptors (Lipinski definition) is 5. The van der Waals surface area contributed by atoms with Crippen molar-refractivity contribution in [2.75, 3.05) is 58.4 Å². The molecule has 0 aliphatic carbocycles. The minimum atomic E-state index is -0.0390. The van der Waals surface area contributed by atoms with Crippen molar-refractivity contribution in [1.29, 1.82) is 0 Å². The maximum absolute atomic E-state index is 12.9. The Hall–Kier alpha value is -1.96. The third-order valence-electron chi connectivity index (χ3n) is 6.81. The van der Waals surface area contributed by atoms with Gasteiger partial charge in [-0.3, -0.25) is 9.59 Å². The monoisotopic (exact) mass is 458 g/mol. The summed E-state index contributed by atoms with van der Waals surface area (Å²) < 4.78 is 5.13. The zero-order valence-corrected chi connectivity index (χ0v) is 20.5. The Morgan fingerprint density at radius 1 is 1.12 bits per heavy atom. The first-order valence-corrected chi connectivity index (χ1v) is 12.7. The van der Waals surface area contributed by atoms with E-state index in [1.807, 2.05) is 23.1 Å². The first kappa shape index (κ1) is 25.7. The van der Waals surface area contributed by atoms with Crippen LogP contribution in [0.5, 0.6) is 0 Å². The van der Waals surface area contributed by atoms with Gasteiger partial charge in [0.25, 0.3) is 11.8 Å². The number of ether oxygens (including phenoxy) is 1. The van der Waals surface area contributed by atoms with E-state index in [0.29, 0.717) is 31.1 Å². The number of methoxy groups -OCH3 is 1. The van der Waals surface area contributed by atoms with Gasteiger partial charge in [0.1, 0.15) is 6.61 Å². The van der Waals surface area contributed by atoms with Crippen molar-refractivity contribution in [2.24, 2.45) is 5.92 Å². The topological polar surface area (TPSA) is 73.9 Å². The third kappa shape index (κ3) is 8.09. The molecule has 7 heteroatoms. The number of carbonyl (C=O) groups is 2. The molecule has 7 nitrogen and oxygen atoms in total. The van der Waals surface area contributed by atoms with Crippen molar-refractivity contribution in [3.8, 4) is 0 Å². The maximum atomic E-state index is 12.9. The van der Waals surface area contributed by atoms with E-state index < -0.39 is 0 Å². The molecule has 2 aliphatic heterocycles. The highest BCUT2D eigenvalue weighted by atomic mass is 16.5. The molecule has 1 unspecified atom stereocenters. The molecule has 2 heterocycles. The van der Waals surface area contributed by atoms with Crippen LogP contribution in [0.4, 0.5) is 5.69 Å². The van der Waals surface area contributed by atoms with E-state index in [-0.39, 0.29) is 18.4 Å². The fraction of sp³-hybridized carbons (Fsp3) is 0.692. The first-order valence-electron chi connectivity index (χ1n) is 12.7. The number of benzene rings is 1. The normalized spacial score (nSPS) is 20.9. The molecule has 0 bridgehead atoms. The van der Waals surface area contributed by atoms with Crippen LogP contribution in [0.15, 0.2) is 18.2 Å². The Kier molecular flexibility index (Phi) is 10.6.